The van der Waals surface area contributed by atoms with Gasteiger partial charge in [0.2, 0.25) is 10.0 Å². The summed E-state index contributed by atoms with van der Waals surface area (Å²) in [6.45, 7) is 3.98. The summed E-state index contributed by atoms with van der Waals surface area (Å²) in [6.07, 6.45) is 0. The van der Waals surface area contributed by atoms with Crippen molar-refractivity contribution in [1.82, 2.24) is 9.21 Å². The first kappa shape index (κ1) is 18.8. The third-order valence-corrected chi connectivity index (χ3v) is 6.95. The van der Waals surface area contributed by atoms with Gasteiger partial charge in [-0.15, -0.1) is 0 Å². The summed E-state index contributed by atoms with van der Waals surface area (Å²) in [7, 11) is -3.66. The molecule has 2 aromatic carbocycles. The SMILES string of the molecule is Cc1ccccc1C(=O)N1CCN(S(=O)(=O)c2ccc3c(c2)OCCO3)CC1. The quantitative estimate of drug-likeness (QED) is 0.784. The lowest BCUT2D eigenvalue weighted by molar-refractivity contribution is 0.0697. The molecule has 2 heterocycles. The van der Waals surface area contributed by atoms with Crippen molar-refractivity contribution in [2.75, 3.05) is 39.4 Å². The highest BCUT2D eigenvalue weighted by atomic mass is 32.2. The molecule has 28 heavy (non-hydrogen) atoms. The average molecular weight is 402 g/mol. The van der Waals surface area contributed by atoms with E-state index in [0.717, 1.165) is 5.56 Å². The number of fused-ring (bicyclic) bond motifs is 1. The standard InChI is InChI=1S/C20H22N2O5S/c1-15-4-2-3-5-17(15)20(23)21-8-10-22(11-9-21)28(24,25)16-6-7-18-19(14-16)27-13-12-26-18/h2-7,14H,8-13H2,1H3. The number of nitrogens with zero attached hydrogens (tertiary/aromatic N) is 2. The van der Waals surface area contributed by atoms with Crippen LogP contribution in [0.2, 0.25) is 0 Å². The summed E-state index contributed by atoms with van der Waals surface area (Å²) in [5.41, 5.74) is 1.57. The van der Waals surface area contributed by atoms with Crippen LogP contribution in [0.5, 0.6) is 11.5 Å². The normalized spacial score (nSPS) is 17.4. The first-order valence-corrected chi connectivity index (χ1v) is 10.7. The minimum Gasteiger partial charge on any atom is -0.486 e. The van der Waals surface area contributed by atoms with Crippen LogP contribution in [0.1, 0.15) is 15.9 Å². The van der Waals surface area contributed by atoms with E-state index in [1.54, 1.807) is 17.0 Å². The van der Waals surface area contributed by atoms with E-state index in [2.05, 4.69) is 0 Å². The molecule has 4 rings (SSSR count). The van der Waals surface area contributed by atoms with Gasteiger partial charge in [0.1, 0.15) is 13.2 Å². The van der Waals surface area contributed by atoms with Crippen LogP contribution >= 0.6 is 0 Å². The van der Waals surface area contributed by atoms with Crippen molar-refractivity contribution in [2.24, 2.45) is 0 Å². The first-order chi connectivity index (χ1) is 13.5. The second-order valence-corrected chi connectivity index (χ2v) is 8.75. The lowest BCUT2D eigenvalue weighted by Gasteiger charge is -2.34. The van der Waals surface area contributed by atoms with Crippen molar-refractivity contribution >= 4 is 15.9 Å². The number of sulfonamides is 1. The Morgan fingerprint density at radius 2 is 1.61 bits per heavy atom. The molecular weight excluding hydrogens is 380 g/mol. The predicted octanol–water partition coefficient (Wildman–Crippen LogP) is 1.91. The lowest BCUT2D eigenvalue weighted by atomic mass is 10.1. The molecule has 0 saturated carbocycles. The number of hydrogen-bond donors (Lipinski definition) is 0. The van der Waals surface area contributed by atoms with E-state index in [9.17, 15) is 13.2 Å². The first-order valence-electron chi connectivity index (χ1n) is 9.21. The number of piperazine rings is 1. The van der Waals surface area contributed by atoms with Crippen LogP contribution in [0.15, 0.2) is 47.4 Å². The smallest absolute Gasteiger partial charge is 0.254 e. The predicted molar refractivity (Wildman–Crippen MR) is 103 cm³/mol. The Labute approximate surface area is 164 Å². The average Bonchev–Trinajstić information content (AvgIpc) is 2.73. The molecule has 0 atom stereocenters. The van der Waals surface area contributed by atoms with Gasteiger partial charge in [-0.2, -0.15) is 4.31 Å². The number of benzene rings is 2. The van der Waals surface area contributed by atoms with E-state index in [1.807, 2.05) is 25.1 Å². The van der Waals surface area contributed by atoms with E-state index in [-0.39, 0.29) is 23.9 Å². The molecule has 7 nitrogen and oxygen atoms in total. The fraction of sp³-hybridized carbons (Fsp3) is 0.350. The van der Waals surface area contributed by atoms with Gasteiger partial charge in [-0.3, -0.25) is 4.79 Å². The molecule has 1 fully saturated rings. The number of ether oxygens (including phenoxy) is 2. The van der Waals surface area contributed by atoms with Crippen molar-refractivity contribution in [3.63, 3.8) is 0 Å². The number of carbonyl (C=O) groups is 1. The maximum Gasteiger partial charge on any atom is 0.254 e. The fourth-order valence-corrected chi connectivity index (χ4v) is 4.89. The number of amides is 1. The van der Waals surface area contributed by atoms with Crippen LogP contribution in [0.4, 0.5) is 0 Å². The molecule has 1 amide bonds. The van der Waals surface area contributed by atoms with E-state index in [0.29, 0.717) is 43.4 Å². The molecule has 8 heteroatoms. The van der Waals surface area contributed by atoms with Gasteiger partial charge in [0.25, 0.3) is 5.91 Å². The zero-order valence-corrected chi connectivity index (χ0v) is 16.4. The van der Waals surface area contributed by atoms with Crippen molar-refractivity contribution in [3.05, 3.63) is 53.6 Å². The Morgan fingerprint density at radius 1 is 0.929 bits per heavy atom. The number of aryl methyl sites for hydroxylation is 1. The van der Waals surface area contributed by atoms with Gasteiger partial charge in [0.05, 0.1) is 4.90 Å². The third-order valence-electron chi connectivity index (χ3n) is 5.05. The Kier molecular flexibility index (Phi) is 4.99. The molecule has 0 radical (unpaired) electrons. The maximum absolute atomic E-state index is 13.0. The van der Waals surface area contributed by atoms with Crippen LogP contribution < -0.4 is 9.47 Å². The monoisotopic (exact) mass is 402 g/mol. The highest BCUT2D eigenvalue weighted by Gasteiger charge is 2.31. The second kappa shape index (κ2) is 7.44. The van der Waals surface area contributed by atoms with E-state index < -0.39 is 10.0 Å². The molecule has 0 aliphatic carbocycles. The van der Waals surface area contributed by atoms with Crippen molar-refractivity contribution in [1.29, 1.82) is 0 Å². The Bertz CT molecular complexity index is 997. The Morgan fingerprint density at radius 3 is 2.32 bits per heavy atom. The lowest BCUT2D eigenvalue weighted by Crippen LogP contribution is -2.50. The minimum atomic E-state index is -3.66. The summed E-state index contributed by atoms with van der Waals surface area (Å²) >= 11 is 0. The topological polar surface area (TPSA) is 76.2 Å². The van der Waals surface area contributed by atoms with Crippen molar-refractivity contribution < 1.29 is 22.7 Å². The molecule has 0 aromatic heterocycles. The molecule has 2 aromatic rings. The Balaban J connectivity index is 1.47. The zero-order valence-electron chi connectivity index (χ0n) is 15.6. The maximum atomic E-state index is 13.0. The minimum absolute atomic E-state index is 0.0607. The highest BCUT2D eigenvalue weighted by molar-refractivity contribution is 7.89. The number of hydrogen-bond acceptors (Lipinski definition) is 5. The molecule has 0 unspecified atom stereocenters. The summed E-state index contributed by atoms with van der Waals surface area (Å²) in [5.74, 6) is 0.939. The molecule has 148 valence electrons. The van der Waals surface area contributed by atoms with Gasteiger partial charge in [0.15, 0.2) is 11.5 Å². The number of rotatable bonds is 3. The van der Waals surface area contributed by atoms with E-state index in [4.69, 9.17) is 9.47 Å². The summed E-state index contributed by atoms with van der Waals surface area (Å²) in [4.78, 5) is 14.6. The molecular formula is C20H22N2O5S. The molecule has 2 aliphatic rings. The van der Waals surface area contributed by atoms with E-state index in [1.165, 1.54) is 16.4 Å². The zero-order chi connectivity index (χ0) is 19.7. The van der Waals surface area contributed by atoms with Gasteiger partial charge >= 0.3 is 0 Å². The van der Waals surface area contributed by atoms with Crippen LogP contribution in [-0.2, 0) is 10.0 Å². The molecule has 0 N–H and O–H groups in total. The summed E-state index contributed by atoms with van der Waals surface area (Å²) in [5, 5.41) is 0. The highest BCUT2D eigenvalue weighted by Crippen LogP contribution is 2.33. The van der Waals surface area contributed by atoms with Crippen LogP contribution in [-0.4, -0.2) is 62.9 Å². The van der Waals surface area contributed by atoms with Crippen LogP contribution in [0.25, 0.3) is 0 Å². The van der Waals surface area contributed by atoms with Crippen molar-refractivity contribution in [2.45, 2.75) is 11.8 Å². The second-order valence-electron chi connectivity index (χ2n) is 6.82. The molecule has 1 saturated heterocycles. The summed E-state index contributed by atoms with van der Waals surface area (Å²) in [6, 6.07) is 12.1. The summed E-state index contributed by atoms with van der Waals surface area (Å²) < 4.78 is 38.4. The number of carbonyl (C=O) groups excluding carboxylic acids is 1. The van der Waals surface area contributed by atoms with Gasteiger partial charge < -0.3 is 14.4 Å². The largest absolute Gasteiger partial charge is 0.486 e. The van der Waals surface area contributed by atoms with Gasteiger partial charge in [-0.25, -0.2) is 8.42 Å². The van der Waals surface area contributed by atoms with Gasteiger partial charge in [-0.05, 0) is 30.7 Å². The molecule has 0 spiro atoms. The van der Waals surface area contributed by atoms with Crippen LogP contribution in [0.3, 0.4) is 0 Å². The Hall–Kier alpha value is -2.58. The third kappa shape index (κ3) is 3.45. The fourth-order valence-electron chi connectivity index (χ4n) is 3.45. The van der Waals surface area contributed by atoms with Crippen LogP contribution in [0, 0.1) is 6.92 Å². The van der Waals surface area contributed by atoms with E-state index >= 15 is 0 Å². The van der Waals surface area contributed by atoms with Gasteiger partial charge in [-0.1, -0.05) is 18.2 Å². The van der Waals surface area contributed by atoms with Gasteiger partial charge in [0, 0.05) is 37.8 Å². The van der Waals surface area contributed by atoms with Crippen molar-refractivity contribution in [3.8, 4) is 11.5 Å². The molecule has 0 bridgehead atoms. The molecule has 2 aliphatic heterocycles.